The molecule has 3 amide bonds. The van der Waals surface area contributed by atoms with E-state index in [9.17, 15) is 14.4 Å². The fraction of sp³-hybridized carbons (Fsp3) is 0.229. The molecule has 0 spiro atoms. The maximum absolute atomic E-state index is 14.6. The van der Waals surface area contributed by atoms with E-state index in [1.54, 1.807) is 0 Å². The number of rotatable bonds is 5. The third-order valence-electron chi connectivity index (χ3n) is 9.23. The number of likely N-dealkylation sites (tertiary alicyclic amines) is 1. The average molecular weight is 596 g/mol. The number of para-hydroxylation sites is 1. The highest BCUT2D eigenvalue weighted by molar-refractivity contribution is 6.36. The van der Waals surface area contributed by atoms with Crippen molar-refractivity contribution in [1.29, 1.82) is 0 Å². The number of aryl methyl sites for hydroxylation is 2. The molecule has 3 aliphatic carbocycles. The Labute approximate surface area is 254 Å². The van der Waals surface area contributed by atoms with Crippen molar-refractivity contribution < 1.29 is 14.4 Å². The third kappa shape index (κ3) is 3.53. The Bertz CT molecular complexity index is 1640. The van der Waals surface area contributed by atoms with Gasteiger partial charge < -0.3 is 5.32 Å². The molecule has 7 heteroatoms. The van der Waals surface area contributed by atoms with Crippen molar-refractivity contribution >= 4 is 46.6 Å². The molecule has 5 nitrogen and oxygen atoms in total. The quantitative estimate of drug-likeness (QED) is 0.213. The first kappa shape index (κ1) is 26.9. The molecule has 1 aliphatic heterocycles. The molecule has 1 N–H and O–H groups in total. The number of amides is 3. The van der Waals surface area contributed by atoms with E-state index in [0.29, 0.717) is 5.69 Å². The highest BCUT2D eigenvalue weighted by Gasteiger charge is 2.73. The number of benzene rings is 4. The fourth-order valence-corrected chi connectivity index (χ4v) is 8.45. The van der Waals surface area contributed by atoms with Crippen LogP contribution in [0.1, 0.15) is 38.9 Å². The van der Waals surface area contributed by atoms with Crippen LogP contribution in [0.2, 0.25) is 0 Å². The van der Waals surface area contributed by atoms with Crippen LogP contribution in [0.5, 0.6) is 0 Å². The largest absolute Gasteiger partial charge is 0.324 e. The van der Waals surface area contributed by atoms with Gasteiger partial charge in [-0.2, -0.15) is 0 Å². The second kappa shape index (κ2) is 9.55. The Kier molecular flexibility index (Phi) is 6.12. The summed E-state index contributed by atoms with van der Waals surface area (Å²) in [5.74, 6) is -3.34. The minimum absolute atomic E-state index is 0.152. The van der Waals surface area contributed by atoms with Crippen LogP contribution in [0.4, 0.5) is 5.69 Å². The summed E-state index contributed by atoms with van der Waals surface area (Å²) < 4.78 is 0. The molecule has 4 aliphatic rings. The van der Waals surface area contributed by atoms with E-state index in [-0.39, 0.29) is 6.42 Å². The average Bonchev–Trinajstić information content (AvgIpc) is 3.27. The highest BCUT2D eigenvalue weighted by atomic mass is 35.5. The van der Waals surface area contributed by atoms with Crippen LogP contribution in [-0.4, -0.2) is 28.7 Å². The van der Waals surface area contributed by atoms with E-state index >= 15 is 0 Å². The first-order valence-corrected chi connectivity index (χ1v) is 14.8. The van der Waals surface area contributed by atoms with E-state index in [2.05, 4.69) is 5.32 Å². The van der Waals surface area contributed by atoms with Gasteiger partial charge in [0.2, 0.25) is 17.7 Å². The molecule has 0 aromatic heterocycles. The predicted octanol–water partition coefficient (Wildman–Crippen LogP) is 6.45. The van der Waals surface area contributed by atoms with Gasteiger partial charge in [0.25, 0.3) is 0 Å². The molecule has 8 rings (SSSR count). The van der Waals surface area contributed by atoms with Crippen LogP contribution in [-0.2, 0) is 30.6 Å². The van der Waals surface area contributed by atoms with Crippen LogP contribution in [0.3, 0.4) is 0 Å². The van der Waals surface area contributed by atoms with Gasteiger partial charge in [-0.05, 0) is 52.8 Å². The number of halogens is 2. The molecule has 1 heterocycles. The van der Waals surface area contributed by atoms with Crippen LogP contribution in [0.25, 0.3) is 0 Å². The highest BCUT2D eigenvalue weighted by Crippen LogP contribution is 2.69. The zero-order valence-corrected chi connectivity index (χ0v) is 24.6. The topological polar surface area (TPSA) is 66.5 Å². The Morgan fingerprint density at radius 1 is 0.714 bits per heavy atom. The van der Waals surface area contributed by atoms with E-state index < -0.39 is 45.3 Å². The summed E-state index contributed by atoms with van der Waals surface area (Å²) in [7, 11) is 0. The zero-order chi connectivity index (χ0) is 29.4. The smallest absolute Gasteiger partial charge is 0.248 e. The number of hydrogen-bond acceptors (Lipinski definition) is 3. The first-order valence-electron chi connectivity index (χ1n) is 14.0. The van der Waals surface area contributed by atoms with Gasteiger partial charge in [0.05, 0.1) is 11.8 Å². The Hall–Kier alpha value is -3.93. The van der Waals surface area contributed by atoms with E-state index in [4.69, 9.17) is 23.2 Å². The number of nitrogens with zero attached hydrogens (tertiary/aromatic N) is 1. The molecule has 4 aromatic carbocycles. The summed E-state index contributed by atoms with van der Waals surface area (Å²) in [6.07, 6.45) is 0.152. The number of hydrogen-bond donors (Lipinski definition) is 1. The third-order valence-corrected chi connectivity index (χ3v) is 10.5. The molecular formula is C35H28Cl2N2O3. The van der Waals surface area contributed by atoms with E-state index in [1.807, 2.05) is 111 Å². The summed E-state index contributed by atoms with van der Waals surface area (Å²) >= 11 is 15.2. The van der Waals surface area contributed by atoms with Gasteiger partial charge >= 0.3 is 0 Å². The molecule has 2 bridgehead atoms. The Balaban J connectivity index is 1.38. The lowest BCUT2D eigenvalue weighted by Crippen LogP contribution is -2.57. The van der Waals surface area contributed by atoms with Crippen LogP contribution in [0.15, 0.2) is 97.1 Å². The predicted molar refractivity (Wildman–Crippen MR) is 163 cm³/mol. The van der Waals surface area contributed by atoms with Gasteiger partial charge in [-0.15, -0.1) is 23.2 Å². The van der Waals surface area contributed by atoms with Gasteiger partial charge in [-0.1, -0.05) is 97.1 Å². The first-order chi connectivity index (χ1) is 20.2. The summed E-state index contributed by atoms with van der Waals surface area (Å²) in [5, 5.41) is 3.04. The van der Waals surface area contributed by atoms with Gasteiger partial charge in [-0.3, -0.25) is 19.3 Å². The fourth-order valence-electron chi connectivity index (χ4n) is 7.35. The van der Waals surface area contributed by atoms with Gasteiger partial charge in [0.15, 0.2) is 0 Å². The number of imide groups is 1. The number of alkyl halides is 2. The SMILES string of the molecule is Cc1cccc(C)c1NC(=O)[C@H](Cc1ccccc1)N1C(=O)[C@@H]2[C@@H](C1=O)C1(Cl)c3ccccc3C2(Cl)c2ccccc21. The lowest BCUT2D eigenvalue weighted by Gasteiger charge is -2.54. The van der Waals surface area contributed by atoms with Crippen LogP contribution >= 0.6 is 23.2 Å². The molecule has 0 unspecified atom stereocenters. The standard InChI is InChI=1S/C35H28Cl2N2O3/c1-20-11-10-12-21(2)30(20)38-31(40)27(19-22-13-4-3-5-14-22)39-32(41)28-29(33(39)42)35(37)24-16-7-6-15-23(24)34(28,36)25-17-8-9-18-26(25)35/h3-18,27-29H,19H2,1-2H3,(H,38,40)/t27-,28-,29-,34?,35?/m0/s1. The van der Waals surface area contributed by atoms with Crippen LogP contribution in [0, 0.1) is 25.7 Å². The number of anilines is 1. The van der Waals surface area contributed by atoms with Crippen molar-refractivity contribution in [1.82, 2.24) is 4.90 Å². The molecule has 210 valence electrons. The van der Waals surface area contributed by atoms with Gasteiger partial charge in [0, 0.05) is 12.1 Å². The normalized spacial score (nSPS) is 26.0. The molecule has 4 aromatic rings. The molecule has 3 atom stereocenters. The Morgan fingerprint density at radius 2 is 1.14 bits per heavy atom. The van der Waals surface area contributed by atoms with Crippen molar-refractivity contribution in [3.05, 3.63) is 136 Å². The summed E-state index contributed by atoms with van der Waals surface area (Å²) in [6, 6.07) is 29.1. The number of carbonyl (C=O) groups excluding carboxylic acids is 3. The molecule has 1 fully saturated rings. The summed E-state index contributed by atoms with van der Waals surface area (Å²) in [6.45, 7) is 3.83. The van der Waals surface area contributed by atoms with Crippen molar-refractivity contribution in [2.24, 2.45) is 11.8 Å². The van der Waals surface area contributed by atoms with E-state index in [0.717, 1.165) is 43.8 Å². The zero-order valence-electron chi connectivity index (χ0n) is 23.1. The molecule has 42 heavy (non-hydrogen) atoms. The molecular weight excluding hydrogens is 567 g/mol. The minimum atomic E-state index is -1.31. The van der Waals surface area contributed by atoms with Crippen molar-refractivity contribution in [3.63, 3.8) is 0 Å². The number of nitrogens with one attached hydrogen (secondary N) is 1. The Morgan fingerprint density at radius 3 is 1.60 bits per heavy atom. The minimum Gasteiger partial charge on any atom is -0.324 e. The lowest BCUT2D eigenvalue weighted by atomic mass is 9.54. The van der Waals surface area contributed by atoms with Crippen LogP contribution < -0.4 is 5.32 Å². The van der Waals surface area contributed by atoms with Gasteiger partial charge in [0.1, 0.15) is 15.8 Å². The van der Waals surface area contributed by atoms with E-state index in [1.165, 1.54) is 0 Å². The maximum atomic E-state index is 14.6. The molecule has 1 saturated heterocycles. The summed E-state index contributed by atoms with van der Waals surface area (Å²) in [5.41, 5.74) is 6.17. The lowest BCUT2D eigenvalue weighted by molar-refractivity contribution is -0.146. The molecule has 0 radical (unpaired) electrons. The van der Waals surface area contributed by atoms with Gasteiger partial charge in [-0.25, -0.2) is 0 Å². The monoisotopic (exact) mass is 594 g/mol. The van der Waals surface area contributed by atoms with Crippen molar-refractivity contribution in [3.8, 4) is 0 Å². The second-order valence-electron chi connectivity index (χ2n) is 11.5. The van der Waals surface area contributed by atoms with Crippen molar-refractivity contribution in [2.75, 3.05) is 5.32 Å². The maximum Gasteiger partial charge on any atom is 0.248 e. The second-order valence-corrected chi connectivity index (χ2v) is 12.7. The summed E-state index contributed by atoms with van der Waals surface area (Å²) in [4.78, 5) is 41.9. The molecule has 0 saturated carbocycles. The van der Waals surface area contributed by atoms with Crippen molar-refractivity contribution in [2.45, 2.75) is 36.1 Å². The number of carbonyl (C=O) groups is 3.